The molecule has 0 fully saturated rings. The molecule has 4 rings (SSSR count). The molecule has 0 atom stereocenters. The summed E-state index contributed by atoms with van der Waals surface area (Å²) < 4.78 is 29.8. The normalized spacial score (nSPS) is 11.8. The average molecular weight is 535 g/mol. The average Bonchev–Trinajstić information content (AvgIpc) is 3.17. The van der Waals surface area contributed by atoms with Crippen LogP contribution in [0.15, 0.2) is 101 Å². The molecule has 37 heavy (non-hydrogen) atoms. The summed E-state index contributed by atoms with van der Waals surface area (Å²) in [6, 6.07) is 26.7. The summed E-state index contributed by atoms with van der Waals surface area (Å²) in [6.45, 7) is 3.56. The van der Waals surface area contributed by atoms with Gasteiger partial charge in [-0.15, -0.1) is 0 Å². The molecule has 0 aliphatic carbocycles. The van der Waals surface area contributed by atoms with E-state index < -0.39 is 15.9 Å². The van der Waals surface area contributed by atoms with Gasteiger partial charge in [-0.1, -0.05) is 72.3 Å². The molecule has 0 unspecified atom stereocenters. The van der Waals surface area contributed by atoms with E-state index in [1.54, 1.807) is 24.4 Å². The molecule has 0 saturated heterocycles. The molecule has 9 heteroatoms. The second kappa shape index (κ2) is 11.6. The molecule has 0 aliphatic rings. The fourth-order valence-corrected chi connectivity index (χ4v) is 5.67. The van der Waals surface area contributed by atoms with E-state index in [4.69, 9.17) is 11.6 Å². The molecule has 4 aromatic rings. The number of aromatic nitrogens is 1. The van der Waals surface area contributed by atoms with E-state index in [0.29, 0.717) is 5.02 Å². The summed E-state index contributed by atoms with van der Waals surface area (Å²) in [4.78, 5) is 12.9. The monoisotopic (exact) mass is 534 g/mol. The van der Waals surface area contributed by atoms with Crippen LogP contribution in [0.25, 0.3) is 5.69 Å². The van der Waals surface area contributed by atoms with Crippen LogP contribution in [0.5, 0.6) is 0 Å². The topological polar surface area (TPSA) is 83.8 Å². The molecule has 0 radical (unpaired) electrons. The van der Waals surface area contributed by atoms with Crippen molar-refractivity contribution < 1.29 is 13.2 Å². The maximum atomic E-state index is 13.3. The molecule has 0 spiro atoms. The van der Waals surface area contributed by atoms with Gasteiger partial charge in [-0.2, -0.15) is 9.41 Å². The lowest BCUT2D eigenvalue weighted by Crippen LogP contribution is -2.39. The Kier molecular flexibility index (Phi) is 8.23. The molecule has 0 saturated carbocycles. The van der Waals surface area contributed by atoms with Gasteiger partial charge in [-0.05, 0) is 49.7 Å². The number of benzene rings is 3. The Balaban J connectivity index is 1.51. The minimum Gasteiger partial charge on any atom is -0.316 e. The van der Waals surface area contributed by atoms with E-state index in [1.807, 2.05) is 79.1 Å². The van der Waals surface area contributed by atoms with Gasteiger partial charge >= 0.3 is 0 Å². The summed E-state index contributed by atoms with van der Waals surface area (Å²) in [5, 5.41) is 4.72. The summed E-state index contributed by atoms with van der Waals surface area (Å²) >= 11 is 6.38. The standard InChI is InChI=1S/C28H27ClN4O3S/c1-21-17-24(22(2)33(21)27-16-10-9-15-26(27)29)18-30-31-28(34)20-32(19-23-11-5-3-6-12-23)37(35,36)25-13-7-4-8-14-25/h3-18H,19-20H2,1-2H3,(H,31,34)/b30-18+. The smallest absolute Gasteiger partial charge is 0.255 e. The number of nitrogens with one attached hydrogen (secondary N) is 1. The van der Waals surface area contributed by atoms with Crippen molar-refractivity contribution in [2.45, 2.75) is 25.3 Å². The van der Waals surface area contributed by atoms with Crippen molar-refractivity contribution in [2.24, 2.45) is 5.10 Å². The third kappa shape index (κ3) is 6.17. The number of carbonyl (C=O) groups is 1. The molecule has 3 aromatic carbocycles. The molecule has 0 bridgehead atoms. The maximum Gasteiger partial charge on any atom is 0.255 e. The van der Waals surface area contributed by atoms with E-state index in [9.17, 15) is 13.2 Å². The lowest BCUT2D eigenvalue weighted by molar-refractivity contribution is -0.121. The van der Waals surface area contributed by atoms with Crippen LogP contribution >= 0.6 is 11.6 Å². The van der Waals surface area contributed by atoms with E-state index in [1.165, 1.54) is 12.1 Å². The summed E-state index contributed by atoms with van der Waals surface area (Å²) in [5.41, 5.74) is 6.75. The largest absolute Gasteiger partial charge is 0.316 e. The number of amides is 1. The van der Waals surface area contributed by atoms with Crippen molar-refractivity contribution in [1.29, 1.82) is 0 Å². The van der Waals surface area contributed by atoms with Crippen LogP contribution in [-0.4, -0.2) is 36.0 Å². The first-order valence-electron chi connectivity index (χ1n) is 11.6. The highest BCUT2D eigenvalue weighted by atomic mass is 35.5. The first-order valence-corrected chi connectivity index (χ1v) is 13.4. The third-order valence-corrected chi connectivity index (χ3v) is 7.98. The van der Waals surface area contributed by atoms with Crippen LogP contribution in [0, 0.1) is 13.8 Å². The Morgan fingerprint density at radius 1 is 0.973 bits per heavy atom. The van der Waals surface area contributed by atoms with E-state index >= 15 is 0 Å². The third-order valence-electron chi connectivity index (χ3n) is 5.86. The second-order valence-electron chi connectivity index (χ2n) is 8.48. The predicted molar refractivity (Wildman–Crippen MR) is 146 cm³/mol. The Hall–Kier alpha value is -3.72. The van der Waals surface area contributed by atoms with Crippen LogP contribution in [0.4, 0.5) is 0 Å². The van der Waals surface area contributed by atoms with Crippen molar-refractivity contribution in [3.63, 3.8) is 0 Å². The Morgan fingerprint density at radius 2 is 1.59 bits per heavy atom. The zero-order chi connectivity index (χ0) is 26.4. The number of nitrogens with zero attached hydrogens (tertiary/aromatic N) is 3. The molecule has 1 heterocycles. The second-order valence-corrected chi connectivity index (χ2v) is 10.8. The van der Waals surface area contributed by atoms with Gasteiger partial charge in [0.1, 0.15) is 0 Å². The highest BCUT2D eigenvalue weighted by molar-refractivity contribution is 7.89. The molecule has 1 N–H and O–H groups in total. The Morgan fingerprint density at radius 3 is 2.27 bits per heavy atom. The SMILES string of the molecule is Cc1cc(/C=N/NC(=O)CN(Cc2ccccc2)S(=O)(=O)c2ccccc2)c(C)n1-c1ccccc1Cl. The number of aryl methyl sites for hydroxylation is 1. The molecular formula is C28H27ClN4O3S. The Labute approximate surface area is 222 Å². The van der Waals surface area contributed by atoms with Gasteiger partial charge in [-0.25, -0.2) is 13.8 Å². The van der Waals surface area contributed by atoms with Crippen LogP contribution < -0.4 is 5.43 Å². The molecule has 7 nitrogen and oxygen atoms in total. The lowest BCUT2D eigenvalue weighted by Gasteiger charge is -2.21. The minimum atomic E-state index is -3.91. The number of rotatable bonds is 9. The van der Waals surface area contributed by atoms with Crippen LogP contribution in [0.2, 0.25) is 5.02 Å². The number of para-hydroxylation sites is 1. The van der Waals surface area contributed by atoms with E-state index in [0.717, 1.165) is 32.5 Å². The molecular weight excluding hydrogens is 508 g/mol. The van der Waals surface area contributed by atoms with E-state index in [-0.39, 0.29) is 18.0 Å². The predicted octanol–water partition coefficient (Wildman–Crippen LogP) is 5.09. The van der Waals surface area contributed by atoms with Crippen LogP contribution in [0.1, 0.15) is 22.5 Å². The van der Waals surface area contributed by atoms with Crippen molar-refractivity contribution in [3.8, 4) is 5.69 Å². The minimum absolute atomic E-state index is 0.0498. The van der Waals surface area contributed by atoms with Crippen molar-refractivity contribution in [1.82, 2.24) is 14.3 Å². The van der Waals surface area contributed by atoms with Gasteiger partial charge in [0.2, 0.25) is 10.0 Å². The summed E-state index contributed by atoms with van der Waals surface area (Å²) in [5.74, 6) is -0.549. The molecule has 190 valence electrons. The number of sulfonamides is 1. The molecule has 0 aliphatic heterocycles. The van der Waals surface area contributed by atoms with Crippen molar-refractivity contribution in [2.75, 3.05) is 6.54 Å². The fourth-order valence-electron chi connectivity index (χ4n) is 4.05. The summed E-state index contributed by atoms with van der Waals surface area (Å²) in [7, 11) is -3.91. The highest BCUT2D eigenvalue weighted by Gasteiger charge is 2.26. The van der Waals surface area contributed by atoms with Crippen LogP contribution in [-0.2, 0) is 21.4 Å². The molecule has 1 aromatic heterocycles. The van der Waals surface area contributed by atoms with Gasteiger partial charge in [0.15, 0.2) is 0 Å². The highest BCUT2D eigenvalue weighted by Crippen LogP contribution is 2.25. The van der Waals surface area contributed by atoms with Crippen molar-refractivity contribution >= 4 is 33.7 Å². The Bertz CT molecular complexity index is 1520. The first kappa shape index (κ1) is 26.3. The zero-order valence-corrected chi connectivity index (χ0v) is 22.1. The van der Waals surface area contributed by atoms with Gasteiger partial charge in [0, 0.05) is 23.5 Å². The number of halogens is 1. The number of hydrazone groups is 1. The van der Waals surface area contributed by atoms with E-state index in [2.05, 4.69) is 10.5 Å². The van der Waals surface area contributed by atoms with Gasteiger partial charge in [-0.3, -0.25) is 4.79 Å². The van der Waals surface area contributed by atoms with Crippen molar-refractivity contribution in [3.05, 3.63) is 119 Å². The lowest BCUT2D eigenvalue weighted by atomic mass is 10.2. The maximum absolute atomic E-state index is 13.3. The van der Waals surface area contributed by atoms with Gasteiger partial charge in [0.05, 0.1) is 28.4 Å². The quantitative estimate of drug-likeness (QED) is 0.240. The van der Waals surface area contributed by atoms with Gasteiger partial charge < -0.3 is 4.57 Å². The summed E-state index contributed by atoms with van der Waals surface area (Å²) in [6.07, 6.45) is 1.54. The number of carbonyl (C=O) groups excluding carboxylic acids is 1. The fraction of sp³-hybridized carbons (Fsp3) is 0.143. The van der Waals surface area contributed by atoms with Crippen LogP contribution in [0.3, 0.4) is 0 Å². The zero-order valence-electron chi connectivity index (χ0n) is 20.5. The van der Waals surface area contributed by atoms with Gasteiger partial charge in [0.25, 0.3) is 5.91 Å². The number of hydrogen-bond donors (Lipinski definition) is 1. The number of hydrogen-bond acceptors (Lipinski definition) is 4. The first-order chi connectivity index (χ1) is 17.8. The molecule has 1 amide bonds.